The molecule has 1 rings (SSSR count). The second kappa shape index (κ2) is 5.12. The topological polar surface area (TPSA) is 29.1 Å². The Morgan fingerprint density at radius 3 is 2.92 bits per heavy atom. The van der Waals surface area contributed by atoms with Crippen molar-refractivity contribution in [3.63, 3.8) is 0 Å². The van der Waals surface area contributed by atoms with E-state index in [0.29, 0.717) is 6.54 Å². The molecule has 0 aliphatic rings. The van der Waals surface area contributed by atoms with Gasteiger partial charge < -0.3 is 5.32 Å². The molecule has 0 aliphatic carbocycles. The summed E-state index contributed by atoms with van der Waals surface area (Å²) in [7, 11) is 0. The molecule has 5 heteroatoms. The summed E-state index contributed by atoms with van der Waals surface area (Å²) in [6.45, 7) is 2.41. The number of rotatable bonds is 3. The molecule has 13 heavy (non-hydrogen) atoms. The van der Waals surface area contributed by atoms with Crippen molar-refractivity contribution in [1.82, 2.24) is 5.32 Å². The number of alkyl halides is 1. The van der Waals surface area contributed by atoms with E-state index in [9.17, 15) is 4.79 Å². The van der Waals surface area contributed by atoms with Gasteiger partial charge in [-0.1, -0.05) is 15.9 Å². The fourth-order valence-corrected chi connectivity index (χ4v) is 2.31. The Bertz CT molecular complexity index is 298. The molecule has 1 heterocycles. The fourth-order valence-electron chi connectivity index (χ4n) is 0.761. The van der Waals surface area contributed by atoms with Crippen LogP contribution in [0, 0.1) is 0 Å². The molecule has 0 radical (unpaired) electrons. The number of thiophene rings is 1. The molecule has 1 amide bonds. The fraction of sp³-hybridized carbons (Fsp3) is 0.375. The summed E-state index contributed by atoms with van der Waals surface area (Å²) in [5.41, 5.74) is 0. The summed E-state index contributed by atoms with van der Waals surface area (Å²) in [4.78, 5) is 12.2. The van der Waals surface area contributed by atoms with Crippen LogP contribution in [0.3, 0.4) is 0 Å². The van der Waals surface area contributed by atoms with Crippen molar-refractivity contribution in [1.29, 1.82) is 0 Å². The number of hydrogen-bond acceptors (Lipinski definition) is 2. The molecule has 2 nitrogen and oxygen atoms in total. The lowest BCUT2D eigenvalue weighted by Crippen LogP contribution is -2.28. The smallest absolute Gasteiger partial charge is 0.233 e. The maximum Gasteiger partial charge on any atom is 0.233 e. The van der Waals surface area contributed by atoms with E-state index < -0.39 is 0 Å². The van der Waals surface area contributed by atoms with E-state index in [0.717, 1.165) is 9.35 Å². The van der Waals surface area contributed by atoms with Gasteiger partial charge in [-0.2, -0.15) is 0 Å². The monoisotopic (exact) mass is 325 g/mol. The van der Waals surface area contributed by atoms with Crippen LogP contribution in [0.4, 0.5) is 0 Å². The lowest BCUT2D eigenvalue weighted by Gasteiger charge is -2.04. The first-order chi connectivity index (χ1) is 6.09. The molecule has 0 bridgehead atoms. The van der Waals surface area contributed by atoms with Crippen LogP contribution in [-0.2, 0) is 11.3 Å². The minimum Gasteiger partial charge on any atom is -0.350 e. The molecule has 1 atom stereocenters. The molecule has 1 aromatic rings. The SMILES string of the molecule is CC(Br)C(=O)NCc1cc(Br)cs1. The second-order valence-corrected chi connectivity index (χ2v) is 5.85. The molecule has 0 aromatic carbocycles. The lowest BCUT2D eigenvalue weighted by atomic mass is 10.4. The highest BCUT2D eigenvalue weighted by Gasteiger charge is 2.07. The molecule has 0 spiro atoms. The molecule has 0 saturated heterocycles. The predicted molar refractivity (Wildman–Crippen MR) is 62.3 cm³/mol. The van der Waals surface area contributed by atoms with E-state index >= 15 is 0 Å². The van der Waals surface area contributed by atoms with Gasteiger partial charge in [0.2, 0.25) is 5.91 Å². The highest BCUT2D eigenvalue weighted by Crippen LogP contribution is 2.19. The van der Waals surface area contributed by atoms with Gasteiger partial charge in [0.25, 0.3) is 0 Å². The number of nitrogens with one attached hydrogen (secondary N) is 1. The van der Waals surface area contributed by atoms with E-state index in [1.54, 1.807) is 18.3 Å². The van der Waals surface area contributed by atoms with Crippen LogP contribution in [0.2, 0.25) is 0 Å². The first kappa shape index (κ1) is 11.2. The summed E-state index contributed by atoms with van der Waals surface area (Å²) in [5.74, 6) is 0.0181. The molecule has 1 unspecified atom stereocenters. The lowest BCUT2D eigenvalue weighted by molar-refractivity contribution is -0.120. The number of halogens is 2. The Morgan fingerprint density at radius 1 is 1.77 bits per heavy atom. The van der Waals surface area contributed by atoms with Gasteiger partial charge in [-0.25, -0.2) is 0 Å². The first-order valence-electron chi connectivity index (χ1n) is 3.74. The van der Waals surface area contributed by atoms with Gasteiger partial charge in [0.15, 0.2) is 0 Å². The highest BCUT2D eigenvalue weighted by molar-refractivity contribution is 9.10. The van der Waals surface area contributed by atoms with Crippen LogP contribution in [-0.4, -0.2) is 10.7 Å². The van der Waals surface area contributed by atoms with E-state index in [1.807, 2.05) is 11.4 Å². The Balaban J connectivity index is 2.39. The quantitative estimate of drug-likeness (QED) is 0.850. The molecule has 0 fully saturated rings. The van der Waals surface area contributed by atoms with Gasteiger partial charge in [0.05, 0.1) is 11.4 Å². The Labute approximate surface area is 98.0 Å². The maximum absolute atomic E-state index is 11.2. The summed E-state index contributed by atoms with van der Waals surface area (Å²) >= 11 is 8.18. The largest absolute Gasteiger partial charge is 0.350 e. The normalized spacial score (nSPS) is 12.5. The van der Waals surface area contributed by atoms with Crippen LogP contribution in [0.25, 0.3) is 0 Å². The first-order valence-corrected chi connectivity index (χ1v) is 6.33. The van der Waals surface area contributed by atoms with Gasteiger partial charge in [0, 0.05) is 14.7 Å². The molecular formula is C8H9Br2NOS. The third kappa shape index (κ3) is 3.79. The number of hydrogen-bond donors (Lipinski definition) is 1. The van der Waals surface area contributed by atoms with Crippen molar-refractivity contribution in [2.24, 2.45) is 0 Å². The molecule has 0 saturated carbocycles. The molecule has 1 N–H and O–H groups in total. The predicted octanol–water partition coefficient (Wildman–Crippen LogP) is 2.91. The van der Waals surface area contributed by atoms with Crippen molar-refractivity contribution in [3.8, 4) is 0 Å². The Hall–Kier alpha value is 0.130. The Morgan fingerprint density at radius 2 is 2.46 bits per heavy atom. The van der Waals surface area contributed by atoms with Crippen LogP contribution >= 0.6 is 43.2 Å². The zero-order valence-corrected chi connectivity index (χ0v) is 11.0. The average molecular weight is 327 g/mol. The zero-order chi connectivity index (χ0) is 9.84. The number of amides is 1. The van der Waals surface area contributed by atoms with Gasteiger partial charge >= 0.3 is 0 Å². The zero-order valence-electron chi connectivity index (χ0n) is 7.01. The van der Waals surface area contributed by atoms with Crippen molar-refractivity contribution < 1.29 is 4.79 Å². The molecule has 0 aliphatic heterocycles. The molecule has 1 aromatic heterocycles. The standard InChI is InChI=1S/C8H9Br2NOS/c1-5(9)8(12)11-3-7-2-6(10)4-13-7/h2,4-5H,3H2,1H3,(H,11,12). The van der Waals surface area contributed by atoms with Crippen molar-refractivity contribution in [2.45, 2.75) is 18.3 Å². The van der Waals surface area contributed by atoms with Crippen LogP contribution in [0.5, 0.6) is 0 Å². The van der Waals surface area contributed by atoms with Crippen LogP contribution in [0.1, 0.15) is 11.8 Å². The molecule has 72 valence electrons. The summed E-state index contributed by atoms with van der Waals surface area (Å²) in [6, 6.07) is 2.00. The van der Waals surface area contributed by atoms with Crippen LogP contribution < -0.4 is 5.32 Å². The summed E-state index contributed by atoms with van der Waals surface area (Å²) in [5, 5.41) is 4.81. The minimum atomic E-state index is -0.129. The average Bonchev–Trinajstić information content (AvgIpc) is 2.47. The third-order valence-corrected chi connectivity index (χ3v) is 3.53. The van der Waals surface area contributed by atoms with E-state index in [2.05, 4.69) is 37.2 Å². The second-order valence-electron chi connectivity index (χ2n) is 2.57. The van der Waals surface area contributed by atoms with Gasteiger partial charge in [-0.15, -0.1) is 11.3 Å². The number of carbonyl (C=O) groups excluding carboxylic acids is 1. The van der Waals surface area contributed by atoms with Crippen molar-refractivity contribution >= 4 is 49.1 Å². The maximum atomic E-state index is 11.2. The van der Waals surface area contributed by atoms with Gasteiger partial charge in [-0.3, -0.25) is 4.79 Å². The third-order valence-electron chi connectivity index (χ3n) is 1.42. The van der Waals surface area contributed by atoms with Crippen molar-refractivity contribution in [3.05, 3.63) is 20.8 Å². The van der Waals surface area contributed by atoms with Gasteiger partial charge in [-0.05, 0) is 28.9 Å². The van der Waals surface area contributed by atoms with Crippen LogP contribution in [0.15, 0.2) is 15.9 Å². The minimum absolute atomic E-state index is 0.0181. The Kier molecular flexibility index (Phi) is 4.41. The van der Waals surface area contributed by atoms with E-state index in [1.165, 1.54) is 0 Å². The van der Waals surface area contributed by atoms with Gasteiger partial charge in [0.1, 0.15) is 0 Å². The molecular weight excluding hydrogens is 318 g/mol. The highest BCUT2D eigenvalue weighted by atomic mass is 79.9. The summed E-state index contributed by atoms with van der Waals surface area (Å²) < 4.78 is 1.06. The number of carbonyl (C=O) groups is 1. The van der Waals surface area contributed by atoms with E-state index in [-0.39, 0.29) is 10.7 Å². The van der Waals surface area contributed by atoms with Crippen molar-refractivity contribution in [2.75, 3.05) is 0 Å². The summed E-state index contributed by atoms with van der Waals surface area (Å²) in [6.07, 6.45) is 0. The van der Waals surface area contributed by atoms with E-state index in [4.69, 9.17) is 0 Å².